The van der Waals surface area contributed by atoms with Crippen LogP contribution in [0.25, 0.3) is 0 Å². The Morgan fingerprint density at radius 2 is 2.15 bits per heavy atom. The number of hydrogen-bond acceptors (Lipinski definition) is 3. The lowest BCUT2D eigenvalue weighted by molar-refractivity contribution is -0.138. The Labute approximate surface area is 121 Å². The van der Waals surface area contributed by atoms with E-state index in [0.29, 0.717) is 6.54 Å². The molecular weight excluding hydrogens is 254 g/mol. The molecule has 114 valence electrons. The molecule has 2 N–H and O–H groups in total. The van der Waals surface area contributed by atoms with Crippen molar-refractivity contribution in [1.82, 2.24) is 15.5 Å². The zero-order valence-electron chi connectivity index (χ0n) is 12.5. The van der Waals surface area contributed by atoms with Crippen LogP contribution in [-0.4, -0.2) is 49.4 Å². The zero-order chi connectivity index (χ0) is 14.4. The summed E-state index contributed by atoms with van der Waals surface area (Å²) in [6.07, 6.45) is 4.89. The topological polar surface area (TPSA) is 61.4 Å². The van der Waals surface area contributed by atoms with Crippen molar-refractivity contribution in [2.45, 2.75) is 39.0 Å². The first-order valence-corrected chi connectivity index (χ1v) is 7.99. The summed E-state index contributed by atoms with van der Waals surface area (Å²) in [7, 11) is 0. The predicted molar refractivity (Wildman–Crippen MR) is 78.2 cm³/mol. The molecule has 0 aromatic rings. The van der Waals surface area contributed by atoms with Gasteiger partial charge in [0, 0.05) is 26.2 Å². The fourth-order valence-corrected chi connectivity index (χ4v) is 3.05. The predicted octanol–water partition coefficient (Wildman–Crippen LogP) is 0.751. The van der Waals surface area contributed by atoms with E-state index in [1.165, 1.54) is 0 Å². The maximum absolute atomic E-state index is 12.4. The van der Waals surface area contributed by atoms with E-state index < -0.39 is 0 Å². The molecule has 2 rings (SSSR count). The van der Waals surface area contributed by atoms with E-state index in [0.717, 1.165) is 58.3 Å². The minimum Gasteiger partial charge on any atom is -0.356 e. The highest BCUT2D eigenvalue weighted by Crippen LogP contribution is 2.20. The number of likely N-dealkylation sites (tertiary alicyclic amines) is 1. The Balaban J connectivity index is 1.81. The molecule has 0 radical (unpaired) electrons. The molecule has 2 amide bonds. The second-order valence-electron chi connectivity index (χ2n) is 5.96. The number of rotatable bonds is 5. The standard InChI is InChI=1S/C15H27N3O2/c1-2-3-7-17-14(19)13-5-4-9-18(11-13)15(20)12-6-8-16-10-12/h12-13,16H,2-11H2,1H3,(H,17,19). The maximum atomic E-state index is 12.4. The van der Waals surface area contributed by atoms with Gasteiger partial charge in [-0.05, 0) is 32.2 Å². The van der Waals surface area contributed by atoms with E-state index in [1.54, 1.807) is 0 Å². The van der Waals surface area contributed by atoms with E-state index in [1.807, 2.05) is 4.90 Å². The summed E-state index contributed by atoms with van der Waals surface area (Å²) < 4.78 is 0. The normalized spacial score (nSPS) is 26.6. The van der Waals surface area contributed by atoms with Gasteiger partial charge in [-0.3, -0.25) is 9.59 Å². The van der Waals surface area contributed by atoms with Gasteiger partial charge in [-0.15, -0.1) is 0 Å². The van der Waals surface area contributed by atoms with Crippen LogP contribution in [0.5, 0.6) is 0 Å². The summed E-state index contributed by atoms with van der Waals surface area (Å²) in [5.74, 6) is 0.470. The monoisotopic (exact) mass is 281 g/mol. The smallest absolute Gasteiger partial charge is 0.227 e. The molecule has 0 aromatic heterocycles. The maximum Gasteiger partial charge on any atom is 0.227 e. The zero-order valence-corrected chi connectivity index (χ0v) is 12.5. The van der Waals surface area contributed by atoms with E-state index in [2.05, 4.69) is 17.6 Å². The average molecular weight is 281 g/mol. The molecule has 0 saturated carbocycles. The molecule has 2 atom stereocenters. The van der Waals surface area contributed by atoms with Crippen molar-refractivity contribution in [3.05, 3.63) is 0 Å². The first-order chi connectivity index (χ1) is 9.72. The third kappa shape index (κ3) is 3.95. The SMILES string of the molecule is CCCCNC(=O)C1CCCN(C(=O)C2CCNC2)C1. The van der Waals surface area contributed by atoms with Gasteiger partial charge in [-0.25, -0.2) is 0 Å². The van der Waals surface area contributed by atoms with Crippen LogP contribution in [0, 0.1) is 11.8 Å². The summed E-state index contributed by atoms with van der Waals surface area (Å²) in [6.45, 7) is 6.02. The fraction of sp³-hybridized carbons (Fsp3) is 0.867. The van der Waals surface area contributed by atoms with Crippen LogP contribution in [0.1, 0.15) is 39.0 Å². The highest BCUT2D eigenvalue weighted by Gasteiger charge is 2.32. The van der Waals surface area contributed by atoms with E-state index in [4.69, 9.17) is 0 Å². The van der Waals surface area contributed by atoms with Crippen LogP contribution in [0.2, 0.25) is 0 Å². The lowest BCUT2D eigenvalue weighted by atomic mass is 9.95. The summed E-state index contributed by atoms with van der Waals surface area (Å²) in [5.41, 5.74) is 0. The van der Waals surface area contributed by atoms with Crippen molar-refractivity contribution in [3.63, 3.8) is 0 Å². The summed E-state index contributed by atoms with van der Waals surface area (Å²) in [6, 6.07) is 0. The van der Waals surface area contributed by atoms with E-state index in [9.17, 15) is 9.59 Å². The molecule has 2 heterocycles. The number of nitrogens with one attached hydrogen (secondary N) is 2. The van der Waals surface area contributed by atoms with Crippen LogP contribution in [0.4, 0.5) is 0 Å². The quantitative estimate of drug-likeness (QED) is 0.731. The van der Waals surface area contributed by atoms with Gasteiger partial charge in [0.25, 0.3) is 0 Å². The number of unbranched alkanes of at least 4 members (excludes halogenated alkanes) is 1. The van der Waals surface area contributed by atoms with Crippen molar-refractivity contribution in [2.24, 2.45) is 11.8 Å². The number of piperidine rings is 1. The highest BCUT2D eigenvalue weighted by atomic mass is 16.2. The van der Waals surface area contributed by atoms with Crippen molar-refractivity contribution in [1.29, 1.82) is 0 Å². The van der Waals surface area contributed by atoms with Crippen LogP contribution in [0.15, 0.2) is 0 Å². The molecule has 2 saturated heterocycles. The molecule has 2 aliphatic heterocycles. The fourth-order valence-electron chi connectivity index (χ4n) is 3.05. The molecule has 0 aromatic carbocycles. The summed E-state index contributed by atoms with van der Waals surface area (Å²) in [5, 5.41) is 6.23. The van der Waals surface area contributed by atoms with Crippen LogP contribution >= 0.6 is 0 Å². The minimum atomic E-state index is -0.0149. The Bertz CT molecular complexity index is 340. The first-order valence-electron chi connectivity index (χ1n) is 7.99. The Hall–Kier alpha value is -1.10. The van der Waals surface area contributed by atoms with E-state index >= 15 is 0 Å². The van der Waals surface area contributed by atoms with Crippen molar-refractivity contribution >= 4 is 11.8 Å². The van der Waals surface area contributed by atoms with Crippen LogP contribution in [-0.2, 0) is 9.59 Å². The second kappa shape index (κ2) is 7.62. The molecule has 5 nitrogen and oxygen atoms in total. The average Bonchev–Trinajstić information content (AvgIpc) is 3.01. The third-order valence-corrected chi connectivity index (χ3v) is 4.34. The summed E-state index contributed by atoms with van der Waals surface area (Å²) >= 11 is 0. The van der Waals surface area contributed by atoms with Crippen LogP contribution in [0.3, 0.4) is 0 Å². The van der Waals surface area contributed by atoms with Gasteiger partial charge in [0.15, 0.2) is 0 Å². The lowest BCUT2D eigenvalue weighted by Crippen LogP contribution is -2.47. The van der Waals surface area contributed by atoms with Crippen molar-refractivity contribution in [3.8, 4) is 0 Å². The number of carbonyl (C=O) groups excluding carboxylic acids is 2. The number of nitrogens with zero attached hydrogens (tertiary/aromatic N) is 1. The van der Waals surface area contributed by atoms with Crippen LogP contribution < -0.4 is 10.6 Å². The molecular formula is C15H27N3O2. The molecule has 0 aliphatic carbocycles. The molecule has 2 fully saturated rings. The van der Waals surface area contributed by atoms with Gasteiger partial charge < -0.3 is 15.5 Å². The number of hydrogen-bond donors (Lipinski definition) is 2. The second-order valence-corrected chi connectivity index (χ2v) is 5.96. The molecule has 0 spiro atoms. The Morgan fingerprint density at radius 3 is 2.85 bits per heavy atom. The van der Waals surface area contributed by atoms with Gasteiger partial charge in [0.2, 0.25) is 11.8 Å². The van der Waals surface area contributed by atoms with Gasteiger partial charge >= 0.3 is 0 Å². The van der Waals surface area contributed by atoms with Gasteiger partial charge in [-0.1, -0.05) is 13.3 Å². The number of amides is 2. The van der Waals surface area contributed by atoms with Gasteiger partial charge in [-0.2, -0.15) is 0 Å². The molecule has 0 bridgehead atoms. The highest BCUT2D eigenvalue weighted by molar-refractivity contribution is 5.82. The number of carbonyl (C=O) groups is 2. The first kappa shape index (κ1) is 15.3. The minimum absolute atomic E-state index is 0.0149. The van der Waals surface area contributed by atoms with Gasteiger partial charge in [0.1, 0.15) is 0 Å². The van der Waals surface area contributed by atoms with Crippen molar-refractivity contribution in [2.75, 3.05) is 32.7 Å². The van der Waals surface area contributed by atoms with Gasteiger partial charge in [0.05, 0.1) is 11.8 Å². The molecule has 2 unspecified atom stereocenters. The van der Waals surface area contributed by atoms with Crippen molar-refractivity contribution < 1.29 is 9.59 Å². The van der Waals surface area contributed by atoms with E-state index in [-0.39, 0.29) is 23.7 Å². The molecule has 5 heteroatoms. The summed E-state index contributed by atoms with van der Waals surface area (Å²) in [4.78, 5) is 26.4. The Morgan fingerprint density at radius 1 is 1.30 bits per heavy atom. The Kier molecular flexibility index (Phi) is 5.83. The lowest BCUT2D eigenvalue weighted by Gasteiger charge is -2.33. The largest absolute Gasteiger partial charge is 0.356 e. The third-order valence-electron chi connectivity index (χ3n) is 4.34. The molecule has 20 heavy (non-hydrogen) atoms. The molecule has 2 aliphatic rings.